The highest BCUT2D eigenvalue weighted by atomic mass is 28.4. The molecule has 15 heavy (non-hydrogen) atoms. The fourth-order valence-electron chi connectivity index (χ4n) is 0.853. The summed E-state index contributed by atoms with van der Waals surface area (Å²) in [4.78, 5) is 0. The van der Waals surface area contributed by atoms with Crippen LogP contribution < -0.4 is 0 Å². The molecule has 0 radical (unpaired) electrons. The van der Waals surface area contributed by atoms with E-state index in [2.05, 4.69) is 0 Å². The zero-order valence-electron chi connectivity index (χ0n) is 10.9. The zero-order chi connectivity index (χ0) is 12.3. The molecule has 0 N–H and O–H groups in total. The number of rotatable bonds is 5. The van der Waals surface area contributed by atoms with Crippen LogP contribution in [0.4, 0.5) is 4.39 Å². The Hall–Kier alpha value is -0.296. The van der Waals surface area contributed by atoms with E-state index in [0.717, 1.165) is 0 Å². The second kappa shape index (κ2) is 5.16. The minimum atomic E-state index is -1.98. The first-order chi connectivity index (χ1) is 6.58. The third kappa shape index (κ3) is 5.99. The lowest BCUT2D eigenvalue weighted by molar-refractivity contribution is 0.103. The van der Waals surface area contributed by atoms with Gasteiger partial charge in [-0.25, -0.2) is 4.39 Å². The van der Waals surface area contributed by atoms with Gasteiger partial charge in [0.05, 0.1) is 6.61 Å². The number of hydrogen-bond acceptors (Lipinski definition) is 2. The predicted octanol–water partition coefficient (Wildman–Crippen LogP) is 3.89. The molecule has 0 aliphatic rings. The van der Waals surface area contributed by atoms with Crippen LogP contribution in [0, 0.1) is 0 Å². The summed E-state index contributed by atoms with van der Waals surface area (Å²) in [6, 6.07) is 0. The first kappa shape index (κ1) is 14.7. The van der Waals surface area contributed by atoms with E-state index in [1.807, 2.05) is 46.2 Å². The third-order valence-corrected chi connectivity index (χ3v) is 3.83. The van der Waals surface area contributed by atoms with Crippen LogP contribution in [0.15, 0.2) is 11.4 Å². The molecule has 0 aromatic carbocycles. The van der Waals surface area contributed by atoms with E-state index >= 15 is 0 Å². The molecule has 0 rings (SSSR count). The summed E-state index contributed by atoms with van der Waals surface area (Å²) in [6.45, 7) is 14.2. The van der Waals surface area contributed by atoms with E-state index in [1.54, 1.807) is 0 Å². The number of hydrogen-bond donors (Lipinski definition) is 0. The van der Waals surface area contributed by atoms with E-state index in [9.17, 15) is 4.39 Å². The minimum Gasteiger partial charge on any atom is -0.518 e. The Kier molecular flexibility index (Phi) is 5.06. The molecule has 0 unspecified atom stereocenters. The second-order valence-corrected chi connectivity index (χ2v) is 14.9. The maximum Gasteiger partial charge on any atom is 0.293 e. The molecule has 0 spiro atoms. The molecule has 0 bridgehead atoms. The maximum atomic E-state index is 14.0. The lowest BCUT2D eigenvalue weighted by Crippen LogP contribution is -2.30. The highest BCUT2D eigenvalue weighted by molar-refractivity contribution is 6.82. The third-order valence-electron chi connectivity index (χ3n) is 1.51. The van der Waals surface area contributed by atoms with Gasteiger partial charge in [-0.2, -0.15) is 0 Å². The van der Waals surface area contributed by atoms with E-state index in [4.69, 9.17) is 9.16 Å². The van der Waals surface area contributed by atoms with Crippen molar-refractivity contribution < 1.29 is 13.6 Å². The summed E-state index contributed by atoms with van der Waals surface area (Å²) in [6.07, 6.45) is 0. The molecule has 0 aliphatic carbocycles. The summed E-state index contributed by atoms with van der Waals surface area (Å²) in [7, 11) is -3.78. The molecule has 2 nitrogen and oxygen atoms in total. The van der Waals surface area contributed by atoms with Gasteiger partial charge in [0.1, 0.15) is 8.07 Å². The predicted molar refractivity (Wildman–Crippen MR) is 67.5 cm³/mol. The van der Waals surface area contributed by atoms with Gasteiger partial charge in [-0.1, -0.05) is 19.6 Å². The topological polar surface area (TPSA) is 18.5 Å². The molecule has 0 aromatic heterocycles. The molecule has 5 heteroatoms. The van der Waals surface area contributed by atoms with Crippen molar-refractivity contribution >= 4 is 16.4 Å². The van der Waals surface area contributed by atoms with Crippen LogP contribution in [0.3, 0.4) is 0 Å². The van der Waals surface area contributed by atoms with Crippen molar-refractivity contribution in [3.8, 4) is 0 Å². The van der Waals surface area contributed by atoms with Crippen molar-refractivity contribution in [1.82, 2.24) is 0 Å². The molecule has 0 saturated carbocycles. The summed E-state index contributed by atoms with van der Waals surface area (Å²) in [5.41, 5.74) is -0.174. The van der Waals surface area contributed by atoms with Gasteiger partial charge >= 0.3 is 0 Å². The van der Waals surface area contributed by atoms with Gasteiger partial charge in [0.15, 0.2) is 5.45 Å². The normalized spacial score (nSPS) is 14.7. The van der Waals surface area contributed by atoms with Crippen molar-refractivity contribution in [3.05, 3.63) is 11.4 Å². The monoisotopic (exact) mass is 250 g/mol. The summed E-state index contributed by atoms with van der Waals surface area (Å²) < 4.78 is 24.9. The Morgan fingerprint density at radius 1 is 1.07 bits per heavy atom. The zero-order valence-corrected chi connectivity index (χ0v) is 12.9. The molecule has 0 aliphatic heterocycles. The van der Waals surface area contributed by atoms with Gasteiger partial charge in [0.25, 0.3) is 5.95 Å². The first-order valence-corrected chi connectivity index (χ1v) is 12.2. The van der Waals surface area contributed by atoms with Crippen LogP contribution >= 0.6 is 0 Å². The molecule has 0 heterocycles. The Bertz CT molecular complexity index is 239. The molecule has 90 valence electrons. The van der Waals surface area contributed by atoms with Gasteiger partial charge in [-0.05, 0) is 26.6 Å². The molecule has 0 saturated heterocycles. The van der Waals surface area contributed by atoms with Gasteiger partial charge in [-0.3, -0.25) is 0 Å². The van der Waals surface area contributed by atoms with Crippen LogP contribution in [0.5, 0.6) is 0 Å². The Morgan fingerprint density at radius 3 is 1.80 bits per heavy atom. The van der Waals surface area contributed by atoms with Gasteiger partial charge in [-0.15, -0.1) is 0 Å². The smallest absolute Gasteiger partial charge is 0.293 e. The summed E-state index contributed by atoms with van der Waals surface area (Å²) in [5, 5.41) is 0. The Labute approximate surface area is 94.6 Å². The minimum absolute atomic E-state index is 0.135. The van der Waals surface area contributed by atoms with Crippen LogP contribution in [0.1, 0.15) is 6.92 Å². The summed E-state index contributed by atoms with van der Waals surface area (Å²) in [5.74, 6) is 0.135. The largest absolute Gasteiger partial charge is 0.518 e. The summed E-state index contributed by atoms with van der Waals surface area (Å²) >= 11 is 0. The molecule has 0 fully saturated rings. The number of halogens is 1. The van der Waals surface area contributed by atoms with Crippen LogP contribution in [-0.2, 0) is 9.16 Å². The van der Waals surface area contributed by atoms with Gasteiger partial charge < -0.3 is 9.16 Å². The quantitative estimate of drug-likeness (QED) is 0.544. The SMILES string of the molecule is CCO/C(O[Si](C)(C)C)=C(/F)[Si](C)(C)C. The molecular weight excluding hydrogens is 227 g/mol. The van der Waals surface area contributed by atoms with Crippen molar-refractivity contribution in [2.45, 2.75) is 46.2 Å². The lowest BCUT2D eigenvalue weighted by Gasteiger charge is -2.24. The highest BCUT2D eigenvalue weighted by Gasteiger charge is 2.29. The first-order valence-electron chi connectivity index (χ1n) is 5.30. The van der Waals surface area contributed by atoms with E-state index in [-0.39, 0.29) is 11.4 Å². The van der Waals surface area contributed by atoms with Crippen LogP contribution in [0.25, 0.3) is 0 Å². The fourth-order valence-corrected chi connectivity index (χ4v) is 2.40. The van der Waals surface area contributed by atoms with Crippen molar-refractivity contribution in [2.24, 2.45) is 0 Å². The Morgan fingerprint density at radius 2 is 1.53 bits per heavy atom. The molecule has 0 aromatic rings. The number of ether oxygens (including phenoxy) is 1. The van der Waals surface area contributed by atoms with E-state index in [0.29, 0.717) is 6.61 Å². The van der Waals surface area contributed by atoms with Crippen LogP contribution in [-0.4, -0.2) is 23.0 Å². The lowest BCUT2D eigenvalue weighted by atomic mass is 10.8. The van der Waals surface area contributed by atoms with Crippen molar-refractivity contribution in [2.75, 3.05) is 6.61 Å². The highest BCUT2D eigenvalue weighted by Crippen LogP contribution is 2.24. The van der Waals surface area contributed by atoms with Crippen molar-refractivity contribution in [3.63, 3.8) is 0 Å². The standard InChI is InChI=1S/C10H23FO2Si2/c1-8-12-10(13-15(5,6)7)9(11)14(2,3)4/h8H2,1-7H3/b10-9+. The molecule has 0 atom stereocenters. The fraction of sp³-hybridized carbons (Fsp3) is 0.800. The Balaban J connectivity index is 4.95. The molecule has 0 amide bonds. The van der Waals surface area contributed by atoms with Crippen LogP contribution in [0.2, 0.25) is 39.3 Å². The second-order valence-electron chi connectivity index (χ2n) is 5.50. The average molecular weight is 250 g/mol. The van der Waals surface area contributed by atoms with Crippen molar-refractivity contribution in [1.29, 1.82) is 0 Å². The molecular formula is C10H23FO2Si2. The van der Waals surface area contributed by atoms with E-state index < -0.39 is 16.4 Å². The van der Waals surface area contributed by atoms with Gasteiger partial charge in [0.2, 0.25) is 8.32 Å². The van der Waals surface area contributed by atoms with E-state index in [1.165, 1.54) is 0 Å². The van der Waals surface area contributed by atoms with Gasteiger partial charge in [0, 0.05) is 0 Å². The average Bonchev–Trinajstić information content (AvgIpc) is 1.98. The maximum absolute atomic E-state index is 14.0.